The van der Waals surface area contributed by atoms with Crippen LogP contribution in [0.3, 0.4) is 0 Å². The lowest BCUT2D eigenvalue weighted by Gasteiger charge is -2.02. The highest BCUT2D eigenvalue weighted by Crippen LogP contribution is 2.16. The Bertz CT molecular complexity index is 429. The molecule has 2 rings (SSSR count). The molecule has 0 saturated carbocycles. The van der Waals surface area contributed by atoms with Gasteiger partial charge in [-0.15, -0.1) is 16.4 Å². The van der Waals surface area contributed by atoms with E-state index < -0.39 is 0 Å². The summed E-state index contributed by atoms with van der Waals surface area (Å²) < 4.78 is 7.10. The summed E-state index contributed by atoms with van der Waals surface area (Å²) in [6.07, 6.45) is 0. The van der Waals surface area contributed by atoms with Crippen LogP contribution < -0.4 is 0 Å². The number of thioether (sulfide) groups is 1. The summed E-state index contributed by atoms with van der Waals surface area (Å²) in [7, 11) is 0. The second kappa shape index (κ2) is 6.73. The van der Waals surface area contributed by atoms with Crippen molar-refractivity contribution in [2.75, 3.05) is 19.0 Å². The third kappa shape index (κ3) is 3.79. The fourth-order valence-corrected chi connectivity index (χ4v) is 2.70. The van der Waals surface area contributed by atoms with E-state index in [1.165, 1.54) is 4.88 Å². The van der Waals surface area contributed by atoms with Gasteiger partial charge < -0.3 is 4.74 Å². The number of aromatic nitrogens is 4. The predicted octanol–water partition coefficient (Wildman–Crippen LogP) is 1.91. The zero-order valence-corrected chi connectivity index (χ0v) is 11.2. The maximum atomic E-state index is 5.28. The fraction of sp³-hybridized carbons (Fsp3) is 0.500. The summed E-state index contributed by atoms with van der Waals surface area (Å²) in [5, 5.41) is 14.6. The van der Waals surface area contributed by atoms with Gasteiger partial charge in [0.2, 0.25) is 5.16 Å². The molecular formula is C10H14N4OS2. The molecule has 0 fully saturated rings. The molecule has 17 heavy (non-hydrogen) atoms. The Morgan fingerprint density at radius 2 is 2.47 bits per heavy atom. The zero-order valence-electron chi connectivity index (χ0n) is 9.57. The fourth-order valence-electron chi connectivity index (χ4n) is 1.29. The molecule has 92 valence electrons. The molecule has 0 unspecified atom stereocenters. The highest BCUT2D eigenvalue weighted by molar-refractivity contribution is 7.99. The molecular weight excluding hydrogens is 256 g/mol. The standard InChI is InChI=1S/C10H14N4OS2/c1-2-15-5-7-17-10-11-12-13-14(10)8-9-4-3-6-16-9/h3-4,6H,2,5,7-8H2,1H3. The first-order valence-electron chi connectivity index (χ1n) is 5.39. The zero-order chi connectivity index (χ0) is 11.9. The van der Waals surface area contributed by atoms with Crippen molar-refractivity contribution >= 4 is 23.1 Å². The van der Waals surface area contributed by atoms with E-state index in [0.29, 0.717) is 0 Å². The van der Waals surface area contributed by atoms with Crippen molar-refractivity contribution in [3.05, 3.63) is 22.4 Å². The number of tetrazole rings is 1. The van der Waals surface area contributed by atoms with Crippen LogP contribution in [-0.2, 0) is 11.3 Å². The van der Waals surface area contributed by atoms with Crippen molar-refractivity contribution in [1.82, 2.24) is 20.2 Å². The van der Waals surface area contributed by atoms with Crippen LogP contribution in [0.4, 0.5) is 0 Å². The van der Waals surface area contributed by atoms with Crippen molar-refractivity contribution in [3.63, 3.8) is 0 Å². The average Bonchev–Trinajstić information content (AvgIpc) is 2.97. The van der Waals surface area contributed by atoms with E-state index in [1.807, 2.05) is 17.7 Å². The van der Waals surface area contributed by atoms with Gasteiger partial charge in [0.15, 0.2) is 0 Å². The van der Waals surface area contributed by atoms with Crippen molar-refractivity contribution in [1.29, 1.82) is 0 Å². The lowest BCUT2D eigenvalue weighted by atomic mass is 10.5. The van der Waals surface area contributed by atoms with E-state index in [0.717, 1.165) is 30.7 Å². The Labute approximate surface area is 108 Å². The van der Waals surface area contributed by atoms with E-state index in [1.54, 1.807) is 23.1 Å². The van der Waals surface area contributed by atoms with Gasteiger partial charge in [-0.25, -0.2) is 4.68 Å². The van der Waals surface area contributed by atoms with Crippen molar-refractivity contribution in [2.45, 2.75) is 18.6 Å². The molecule has 0 N–H and O–H groups in total. The third-order valence-corrected chi connectivity index (χ3v) is 3.83. The lowest BCUT2D eigenvalue weighted by Crippen LogP contribution is -2.04. The summed E-state index contributed by atoms with van der Waals surface area (Å²) >= 11 is 3.33. The van der Waals surface area contributed by atoms with Crippen LogP contribution in [0, 0.1) is 0 Å². The number of hydrogen-bond donors (Lipinski definition) is 0. The Morgan fingerprint density at radius 3 is 3.24 bits per heavy atom. The Kier molecular flexibility index (Phi) is 4.96. The van der Waals surface area contributed by atoms with Gasteiger partial charge >= 0.3 is 0 Å². The second-order valence-corrected chi connectivity index (χ2v) is 5.34. The lowest BCUT2D eigenvalue weighted by molar-refractivity contribution is 0.164. The maximum Gasteiger partial charge on any atom is 0.209 e. The summed E-state index contributed by atoms with van der Waals surface area (Å²) in [6.45, 7) is 4.21. The van der Waals surface area contributed by atoms with Gasteiger partial charge in [0, 0.05) is 17.2 Å². The second-order valence-electron chi connectivity index (χ2n) is 3.24. The van der Waals surface area contributed by atoms with Crippen LogP contribution in [0.15, 0.2) is 22.7 Å². The third-order valence-electron chi connectivity index (χ3n) is 2.05. The molecule has 0 atom stereocenters. The highest BCUT2D eigenvalue weighted by Gasteiger charge is 2.07. The van der Waals surface area contributed by atoms with Gasteiger partial charge in [0.05, 0.1) is 13.2 Å². The molecule has 7 heteroatoms. The van der Waals surface area contributed by atoms with E-state index in [2.05, 4.69) is 27.0 Å². The Hall–Kier alpha value is -0.920. The molecule has 2 aromatic heterocycles. The van der Waals surface area contributed by atoms with Gasteiger partial charge in [0.25, 0.3) is 0 Å². The Balaban J connectivity index is 1.88. The van der Waals surface area contributed by atoms with Crippen LogP contribution in [0.25, 0.3) is 0 Å². The van der Waals surface area contributed by atoms with E-state index >= 15 is 0 Å². The largest absolute Gasteiger partial charge is 0.381 e. The number of ether oxygens (including phenoxy) is 1. The minimum atomic E-state index is 0.729. The van der Waals surface area contributed by atoms with E-state index in [-0.39, 0.29) is 0 Å². The molecule has 0 aliphatic rings. The van der Waals surface area contributed by atoms with Gasteiger partial charge in [-0.3, -0.25) is 0 Å². The molecule has 0 saturated heterocycles. The molecule has 2 heterocycles. The Morgan fingerprint density at radius 1 is 1.53 bits per heavy atom. The molecule has 0 spiro atoms. The highest BCUT2D eigenvalue weighted by atomic mass is 32.2. The molecule has 0 aliphatic carbocycles. The topological polar surface area (TPSA) is 52.8 Å². The van der Waals surface area contributed by atoms with Crippen LogP contribution >= 0.6 is 23.1 Å². The molecule has 2 aromatic rings. The number of rotatable bonds is 7. The quantitative estimate of drug-likeness (QED) is 0.568. The first-order chi connectivity index (χ1) is 8.40. The first-order valence-corrected chi connectivity index (χ1v) is 7.25. The summed E-state index contributed by atoms with van der Waals surface area (Å²) in [5.41, 5.74) is 0. The maximum absolute atomic E-state index is 5.28. The van der Waals surface area contributed by atoms with Gasteiger partial charge in [-0.1, -0.05) is 17.8 Å². The molecule has 0 aromatic carbocycles. The van der Waals surface area contributed by atoms with Gasteiger partial charge in [0.1, 0.15) is 0 Å². The number of thiophene rings is 1. The van der Waals surface area contributed by atoms with Crippen LogP contribution in [-0.4, -0.2) is 39.2 Å². The van der Waals surface area contributed by atoms with Crippen LogP contribution in [0.1, 0.15) is 11.8 Å². The van der Waals surface area contributed by atoms with Crippen LogP contribution in [0.5, 0.6) is 0 Å². The van der Waals surface area contributed by atoms with Gasteiger partial charge in [-0.2, -0.15) is 0 Å². The molecule has 0 amide bonds. The summed E-state index contributed by atoms with van der Waals surface area (Å²) in [4.78, 5) is 1.25. The number of hydrogen-bond acceptors (Lipinski definition) is 6. The van der Waals surface area contributed by atoms with Crippen molar-refractivity contribution in [3.8, 4) is 0 Å². The summed E-state index contributed by atoms with van der Waals surface area (Å²) in [5.74, 6) is 0.874. The minimum absolute atomic E-state index is 0.729. The average molecular weight is 270 g/mol. The molecule has 0 bridgehead atoms. The van der Waals surface area contributed by atoms with E-state index in [9.17, 15) is 0 Å². The molecule has 0 radical (unpaired) electrons. The van der Waals surface area contributed by atoms with Crippen molar-refractivity contribution < 1.29 is 4.74 Å². The number of nitrogens with zero attached hydrogens (tertiary/aromatic N) is 4. The monoisotopic (exact) mass is 270 g/mol. The SMILES string of the molecule is CCOCCSc1nnnn1Cc1cccs1. The molecule has 5 nitrogen and oxygen atoms in total. The predicted molar refractivity (Wildman–Crippen MR) is 68.5 cm³/mol. The van der Waals surface area contributed by atoms with Gasteiger partial charge in [-0.05, 0) is 28.8 Å². The normalized spacial score (nSPS) is 10.9. The molecule has 0 aliphatic heterocycles. The smallest absolute Gasteiger partial charge is 0.209 e. The van der Waals surface area contributed by atoms with Crippen LogP contribution in [0.2, 0.25) is 0 Å². The van der Waals surface area contributed by atoms with Crippen molar-refractivity contribution in [2.24, 2.45) is 0 Å². The first kappa shape index (κ1) is 12.5. The van der Waals surface area contributed by atoms with E-state index in [4.69, 9.17) is 4.74 Å². The minimum Gasteiger partial charge on any atom is -0.381 e. The summed E-state index contributed by atoms with van der Waals surface area (Å²) in [6, 6.07) is 4.12.